The zero-order valence-electron chi connectivity index (χ0n) is 15.7. The van der Waals surface area contributed by atoms with Crippen molar-refractivity contribution in [2.45, 2.75) is 56.4 Å². The summed E-state index contributed by atoms with van der Waals surface area (Å²) in [4.78, 5) is 24.2. The summed E-state index contributed by atoms with van der Waals surface area (Å²) in [6, 6.07) is 3.94. The third-order valence-corrected chi connectivity index (χ3v) is 5.84. The number of rotatable bonds is 8. The molecule has 3 unspecified atom stereocenters. The fraction of sp³-hybridized carbons (Fsp3) is 0.579. The van der Waals surface area contributed by atoms with Gasteiger partial charge in [-0.3, -0.25) is 9.59 Å². The van der Waals surface area contributed by atoms with E-state index in [-0.39, 0.29) is 35.7 Å². The van der Waals surface area contributed by atoms with E-state index in [1.165, 1.54) is 17.8 Å². The maximum Gasteiger partial charge on any atom is 0.418 e. The van der Waals surface area contributed by atoms with Gasteiger partial charge in [0.1, 0.15) is 0 Å². The fourth-order valence-corrected chi connectivity index (χ4v) is 3.55. The second-order valence-corrected chi connectivity index (χ2v) is 8.46. The molecular weight excluding hydrogens is 377 g/mol. The van der Waals surface area contributed by atoms with Crippen LogP contribution < -0.4 is 10.6 Å². The highest BCUT2D eigenvalue weighted by molar-refractivity contribution is 7.99. The molecule has 150 valence electrons. The van der Waals surface area contributed by atoms with E-state index in [0.29, 0.717) is 10.8 Å². The topological polar surface area (TPSA) is 58.2 Å². The standard InChI is InChI=1S/C19H25F3N2O2S/c1-4-12(3)27-13-5-6-16(15(10-13)19(20,21)22)24-17(25)7-8-23-18(26)14-9-11(14)2/h5-6,10-12,14H,4,7-9H2,1-3H3,(H,23,26)(H,24,25). The minimum atomic E-state index is -4.56. The molecule has 8 heteroatoms. The van der Waals surface area contributed by atoms with Gasteiger partial charge >= 0.3 is 6.18 Å². The van der Waals surface area contributed by atoms with Crippen molar-refractivity contribution in [3.8, 4) is 0 Å². The summed E-state index contributed by atoms with van der Waals surface area (Å²) in [7, 11) is 0. The number of nitrogens with one attached hydrogen (secondary N) is 2. The molecule has 0 bridgehead atoms. The average molecular weight is 402 g/mol. The summed E-state index contributed by atoms with van der Waals surface area (Å²) in [5.41, 5.74) is -1.12. The van der Waals surface area contributed by atoms with E-state index in [1.54, 1.807) is 6.07 Å². The first-order chi connectivity index (χ1) is 12.6. The van der Waals surface area contributed by atoms with Gasteiger partial charge in [0.25, 0.3) is 0 Å². The lowest BCUT2D eigenvalue weighted by atomic mass is 10.1. The molecule has 0 aromatic heterocycles. The monoisotopic (exact) mass is 402 g/mol. The molecule has 27 heavy (non-hydrogen) atoms. The molecular formula is C19H25F3N2O2S. The molecule has 1 aromatic rings. The van der Waals surface area contributed by atoms with Crippen molar-refractivity contribution in [2.75, 3.05) is 11.9 Å². The minimum absolute atomic E-state index is 0.000417. The van der Waals surface area contributed by atoms with Gasteiger partial charge in [-0.1, -0.05) is 20.8 Å². The van der Waals surface area contributed by atoms with Crippen molar-refractivity contribution in [1.82, 2.24) is 5.32 Å². The molecule has 0 heterocycles. The third-order valence-electron chi connectivity index (χ3n) is 4.58. The van der Waals surface area contributed by atoms with Gasteiger partial charge in [-0.2, -0.15) is 13.2 Å². The zero-order chi connectivity index (χ0) is 20.2. The van der Waals surface area contributed by atoms with Gasteiger partial charge in [0.2, 0.25) is 11.8 Å². The van der Waals surface area contributed by atoms with E-state index < -0.39 is 17.6 Å². The van der Waals surface area contributed by atoms with E-state index in [0.717, 1.165) is 18.9 Å². The summed E-state index contributed by atoms with van der Waals surface area (Å²) in [5.74, 6) is -0.301. The third kappa shape index (κ3) is 6.45. The van der Waals surface area contributed by atoms with Gasteiger partial charge in [-0.15, -0.1) is 11.8 Å². The highest BCUT2D eigenvalue weighted by atomic mass is 32.2. The maximum absolute atomic E-state index is 13.4. The van der Waals surface area contributed by atoms with Crippen LogP contribution in [0.25, 0.3) is 0 Å². The van der Waals surface area contributed by atoms with Crippen molar-refractivity contribution in [3.05, 3.63) is 23.8 Å². The summed E-state index contributed by atoms with van der Waals surface area (Å²) in [6.45, 7) is 6.00. The van der Waals surface area contributed by atoms with Gasteiger partial charge < -0.3 is 10.6 Å². The Morgan fingerprint density at radius 3 is 2.56 bits per heavy atom. The van der Waals surface area contributed by atoms with Crippen LogP contribution in [0.15, 0.2) is 23.1 Å². The van der Waals surface area contributed by atoms with Crippen molar-refractivity contribution >= 4 is 29.3 Å². The second-order valence-electron chi connectivity index (χ2n) is 6.95. The molecule has 0 spiro atoms. The van der Waals surface area contributed by atoms with Crippen molar-refractivity contribution in [3.63, 3.8) is 0 Å². The Labute approximate surface area is 161 Å². The first kappa shape index (κ1) is 21.6. The molecule has 1 saturated carbocycles. The largest absolute Gasteiger partial charge is 0.418 e. The first-order valence-corrected chi connectivity index (χ1v) is 9.95. The van der Waals surface area contributed by atoms with E-state index in [9.17, 15) is 22.8 Å². The fourth-order valence-electron chi connectivity index (χ4n) is 2.59. The van der Waals surface area contributed by atoms with Crippen LogP contribution in [0, 0.1) is 11.8 Å². The molecule has 4 nitrogen and oxygen atoms in total. The molecule has 2 amide bonds. The molecule has 1 aliphatic rings. The smallest absolute Gasteiger partial charge is 0.355 e. The summed E-state index contributed by atoms with van der Waals surface area (Å²) >= 11 is 1.37. The van der Waals surface area contributed by atoms with E-state index >= 15 is 0 Å². The van der Waals surface area contributed by atoms with Crippen LogP contribution in [0.4, 0.5) is 18.9 Å². The number of thioether (sulfide) groups is 1. The van der Waals surface area contributed by atoms with Gasteiger partial charge in [0, 0.05) is 29.0 Å². The Balaban J connectivity index is 1.97. The summed E-state index contributed by atoms with van der Waals surface area (Å²) in [5, 5.41) is 5.17. The lowest BCUT2D eigenvalue weighted by Gasteiger charge is -2.16. The number of carbonyl (C=O) groups is 2. The predicted octanol–water partition coefficient (Wildman–Crippen LogP) is 4.70. The number of alkyl halides is 3. The quantitative estimate of drug-likeness (QED) is 0.620. The average Bonchev–Trinajstić information content (AvgIpc) is 3.32. The van der Waals surface area contributed by atoms with Crippen LogP contribution in [-0.4, -0.2) is 23.6 Å². The van der Waals surface area contributed by atoms with Crippen molar-refractivity contribution in [2.24, 2.45) is 11.8 Å². The van der Waals surface area contributed by atoms with Crippen LogP contribution in [0.3, 0.4) is 0 Å². The molecule has 0 aliphatic heterocycles. The van der Waals surface area contributed by atoms with Crippen LogP contribution in [0.2, 0.25) is 0 Å². The minimum Gasteiger partial charge on any atom is -0.355 e. The van der Waals surface area contributed by atoms with E-state index in [2.05, 4.69) is 10.6 Å². The number of amides is 2. The van der Waals surface area contributed by atoms with E-state index in [4.69, 9.17) is 0 Å². The van der Waals surface area contributed by atoms with E-state index in [1.807, 2.05) is 20.8 Å². The molecule has 2 N–H and O–H groups in total. The molecule has 1 aliphatic carbocycles. The highest BCUT2D eigenvalue weighted by Crippen LogP contribution is 2.39. The summed E-state index contributed by atoms with van der Waals surface area (Å²) in [6.07, 6.45) is -2.96. The molecule has 0 saturated heterocycles. The lowest BCUT2D eigenvalue weighted by Crippen LogP contribution is -2.29. The molecule has 1 aromatic carbocycles. The first-order valence-electron chi connectivity index (χ1n) is 9.07. The highest BCUT2D eigenvalue weighted by Gasteiger charge is 2.39. The maximum atomic E-state index is 13.4. The van der Waals surface area contributed by atoms with Crippen LogP contribution in [0.1, 0.15) is 45.6 Å². The summed E-state index contributed by atoms with van der Waals surface area (Å²) < 4.78 is 40.1. The van der Waals surface area contributed by atoms with Gasteiger partial charge in [0.15, 0.2) is 0 Å². The number of hydrogen-bond acceptors (Lipinski definition) is 3. The van der Waals surface area contributed by atoms with Crippen LogP contribution >= 0.6 is 11.8 Å². The Hall–Kier alpha value is -1.70. The van der Waals surface area contributed by atoms with Gasteiger partial charge in [-0.25, -0.2) is 0 Å². The Morgan fingerprint density at radius 1 is 1.33 bits per heavy atom. The number of anilines is 1. The molecule has 1 fully saturated rings. The zero-order valence-corrected chi connectivity index (χ0v) is 16.5. The van der Waals surface area contributed by atoms with Crippen LogP contribution in [0.5, 0.6) is 0 Å². The number of benzene rings is 1. The van der Waals surface area contributed by atoms with Crippen molar-refractivity contribution < 1.29 is 22.8 Å². The Kier molecular flexibility index (Phi) is 7.19. The van der Waals surface area contributed by atoms with Crippen LogP contribution in [-0.2, 0) is 15.8 Å². The normalized spacial score (nSPS) is 20.1. The molecule has 0 radical (unpaired) electrons. The van der Waals surface area contributed by atoms with Gasteiger partial charge in [-0.05, 0) is 37.0 Å². The number of halogens is 3. The predicted molar refractivity (Wildman–Crippen MR) is 101 cm³/mol. The van der Waals surface area contributed by atoms with Gasteiger partial charge in [0.05, 0.1) is 11.3 Å². The Morgan fingerprint density at radius 2 is 2.00 bits per heavy atom. The Bertz CT molecular complexity index is 694. The second kappa shape index (κ2) is 8.99. The number of carbonyl (C=O) groups excluding carboxylic acids is 2. The number of hydrogen-bond donors (Lipinski definition) is 2. The lowest BCUT2D eigenvalue weighted by molar-refractivity contribution is -0.137. The van der Waals surface area contributed by atoms with Crippen molar-refractivity contribution in [1.29, 1.82) is 0 Å². The SMILES string of the molecule is CCC(C)Sc1ccc(NC(=O)CCNC(=O)C2CC2C)c(C(F)(F)F)c1. The molecule has 3 atom stereocenters. The molecule has 2 rings (SSSR count).